The van der Waals surface area contributed by atoms with Gasteiger partial charge in [-0.15, -0.1) is 0 Å². The Bertz CT molecular complexity index is 1520. The van der Waals surface area contributed by atoms with E-state index < -0.39 is 10.0 Å². The molecule has 3 aromatic rings. The van der Waals surface area contributed by atoms with Crippen LogP contribution in [0.25, 0.3) is 0 Å². The molecular formula is C27H30ClN7O3S. The first-order valence-electron chi connectivity index (χ1n) is 12.7. The summed E-state index contributed by atoms with van der Waals surface area (Å²) in [5.41, 5.74) is 3.17. The number of benzene rings is 2. The fourth-order valence-electron chi connectivity index (χ4n) is 5.09. The molecule has 10 nitrogen and oxygen atoms in total. The number of hydrogen-bond acceptors (Lipinski definition) is 8. The molecule has 0 radical (unpaired) electrons. The number of piperazine rings is 1. The van der Waals surface area contributed by atoms with Gasteiger partial charge in [-0.05, 0) is 67.8 Å². The summed E-state index contributed by atoms with van der Waals surface area (Å²) in [6.07, 6.45) is 4.37. The molecule has 0 spiro atoms. The van der Waals surface area contributed by atoms with E-state index in [1.807, 2.05) is 36.1 Å². The van der Waals surface area contributed by atoms with E-state index in [4.69, 9.17) is 16.9 Å². The molecule has 1 amide bonds. The van der Waals surface area contributed by atoms with E-state index in [1.165, 1.54) is 30.2 Å². The maximum atomic E-state index is 13.4. The van der Waals surface area contributed by atoms with Gasteiger partial charge in [-0.2, -0.15) is 5.26 Å². The van der Waals surface area contributed by atoms with Gasteiger partial charge in [-0.1, -0.05) is 11.6 Å². The molecule has 5 rings (SSSR count). The summed E-state index contributed by atoms with van der Waals surface area (Å²) in [5.74, 6) is 0.0369. The Hall–Kier alpha value is -3.88. The van der Waals surface area contributed by atoms with Crippen LogP contribution < -0.4 is 14.5 Å². The zero-order chi connectivity index (χ0) is 27.6. The Morgan fingerprint density at radius 1 is 1.13 bits per heavy atom. The smallest absolute Gasteiger partial charge is 0.263 e. The summed E-state index contributed by atoms with van der Waals surface area (Å²) < 4.78 is 28.0. The summed E-state index contributed by atoms with van der Waals surface area (Å²) in [4.78, 5) is 27.3. The van der Waals surface area contributed by atoms with Crippen molar-refractivity contribution in [3.8, 4) is 6.07 Å². The highest BCUT2D eigenvalue weighted by Crippen LogP contribution is 2.31. The van der Waals surface area contributed by atoms with Crippen molar-refractivity contribution >= 4 is 44.7 Å². The quantitative estimate of drug-likeness (QED) is 0.480. The lowest BCUT2D eigenvalue weighted by molar-refractivity contribution is -0.132. The summed E-state index contributed by atoms with van der Waals surface area (Å²) >= 11 is 6.18. The number of amides is 1. The first kappa shape index (κ1) is 26.7. The van der Waals surface area contributed by atoms with Crippen LogP contribution in [0.3, 0.4) is 0 Å². The molecule has 0 saturated carbocycles. The van der Waals surface area contributed by atoms with E-state index in [0.29, 0.717) is 31.2 Å². The van der Waals surface area contributed by atoms with E-state index in [2.05, 4.69) is 24.5 Å². The molecule has 204 valence electrons. The number of nitrogens with one attached hydrogen (secondary N) is 1. The second-order valence-corrected chi connectivity index (χ2v) is 11.7. The topological polar surface area (TPSA) is 123 Å². The van der Waals surface area contributed by atoms with Gasteiger partial charge in [0.1, 0.15) is 24.0 Å². The van der Waals surface area contributed by atoms with Crippen molar-refractivity contribution in [1.82, 2.24) is 14.9 Å². The van der Waals surface area contributed by atoms with Gasteiger partial charge in [0, 0.05) is 50.5 Å². The third-order valence-corrected chi connectivity index (χ3v) is 8.78. The van der Waals surface area contributed by atoms with Crippen molar-refractivity contribution in [3.63, 3.8) is 0 Å². The van der Waals surface area contributed by atoms with E-state index in [0.717, 1.165) is 30.8 Å². The third-order valence-electron chi connectivity index (χ3n) is 7.19. The Balaban J connectivity index is 0.00000370. The maximum Gasteiger partial charge on any atom is 0.263 e. The van der Waals surface area contributed by atoms with Crippen LogP contribution in [-0.4, -0.2) is 68.0 Å². The number of fused-ring (bicyclic) bond motifs is 1. The highest BCUT2D eigenvalue weighted by atomic mass is 35.5. The molecule has 3 heterocycles. The number of aryl methyl sites for hydroxylation is 1. The fraction of sp³-hybridized carbons (Fsp3) is 0.333. The maximum absolute atomic E-state index is 13.4. The monoisotopic (exact) mass is 567 g/mol. The van der Waals surface area contributed by atoms with Gasteiger partial charge in [0.2, 0.25) is 5.91 Å². The minimum absolute atomic E-state index is 0. The van der Waals surface area contributed by atoms with E-state index in [9.17, 15) is 13.2 Å². The van der Waals surface area contributed by atoms with Gasteiger partial charge in [0.05, 0.1) is 11.1 Å². The summed E-state index contributed by atoms with van der Waals surface area (Å²) in [6, 6.07) is 14.0. The number of sulfonamides is 1. The largest absolute Gasteiger partial charge is 0.368 e. The zero-order valence-corrected chi connectivity index (χ0v) is 23.0. The van der Waals surface area contributed by atoms with Crippen LogP contribution >= 0.6 is 11.6 Å². The average Bonchev–Trinajstić information content (AvgIpc) is 2.96. The van der Waals surface area contributed by atoms with Crippen molar-refractivity contribution in [2.24, 2.45) is 0 Å². The lowest BCUT2D eigenvalue weighted by Gasteiger charge is -2.41. The molecule has 39 heavy (non-hydrogen) atoms. The molecule has 1 aromatic heterocycles. The lowest BCUT2D eigenvalue weighted by Crippen LogP contribution is -2.55. The van der Waals surface area contributed by atoms with Crippen molar-refractivity contribution in [2.45, 2.75) is 30.7 Å². The first-order chi connectivity index (χ1) is 18.8. The van der Waals surface area contributed by atoms with Crippen LogP contribution in [0.5, 0.6) is 0 Å². The molecule has 2 aliphatic rings. The Kier molecular flexibility index (Phi) is 7.59. The third kappa shape index (κ3) is 5.62. The Labute approximate surface area is 234 Å². The number of rotatable bonds is 6. The molecule has 0 bridgehead atoms. The second kappa shape index (κ2) is 11.1. The number of carbonyl (C=O) groups is 1. The molecule has 1 N–H and O–H groups in total. The average molecular weight is 568 g/mol. The summed E-state index contributed by atoms with van der Waals surface area (Å²) in [5, 5.41) is 9.88. The predicted octanol–water partition coefficient (Wildman–Crippen LogP) is 3.54. The number of nitriles is 1. The number of halogens is 1. The number of nitrogens with zero attached hydrogens (tertiary/aromatic N) is 6. The van der Waals surface area contributed by atoms with Gasteiger partial charge in [-0.25, -0.2) is 18.4 Å². The van der Waals surface area contributed by atoms with Crippen molar-refractivity contribution in [1.29, 1.82) is 5.26 Å². The van der Waals surface area contributed by atoms with E-state index in [1.54, 1.807) is 12.1 Å². The summed E-state index contributed by atoms with van der Waals surface area (Å²) in [7, 11) is -3.93. The van der Waals surface area contributed by atoms with Crippen LogP contribution in [-0.2, 0) is 21.2 Å². The minimum atomic E-state index is -3.93. The van der Waals surface area contributed by atoms with Gasteiger partial charge in [0.25, 0.3) is 10.0 Å². The standard InChI is InChI=1S/C27H28ClN7O3S.H2/c1-19(35-10-2-3-20-15-22(28)4-9-25(20)35)27(36)34-13-11-33(12-14-34)23-5-7-24(8-6-23)39(37,38)32-26-21(16-29)17-30-18-31-26;/h4-9,15,17-19H,2-3,10-14H2,1H3,(H,30,31,32);1H/t19-;/m0./s1. The molecular weight excluding hydrogens is 538 g/mol. The fourth-order valence-corrected chi connectivity index (χ4v) is 6.32. The molecule has 0 aliphatic carbocycles. The van der Waals surface area contributed by atoms with Crippen molar-refractivity contribution in [2.75, 3.05) is 47.2 Å². The van der Waals surface area contributed by atoms with Gasteiger partial charge in [0.15, 0.2) is 5.82 Å². The molecule has 1 saturated heterocycles. The van der Waals surface area contributed by atoms with Gasteiger partial charge < -0.3 is 14.7 Å². The number of hydrogen-bond donors (Lipinski definition) is 1. The minimum Gasteiger partial charge on any atom is -0.368 e. The van der Waals surface area contributed by atoms with Gasteiger partial charge >= 0.3 is 0 Å². The number of aromatic nitrogens is 2. The van der Waals surface area contributed by atoms with E-state index >= 15 is 0 Å². The first-order valence-corrected chi connectivity index (χ1v) is 14.5. The van der Waals surface area contributed by atoms with E-state index in [-0.39, 0.29) is 29.7 Å². The second-order valence-electron chi connectivity index (χ2n) is 9.55. The molecule has 1 atom stereocenters. The molecule has 2 aliphatic heterocycles. The molecule has 0 unspecified atom stereocenters. The normalized spacial score (nSPS) is 16.3. The zero-order valence-electron chi connectivity index (χ0n) is 21.4. The van der Waals surface area contributed by atoms with Gasteiger partial charge in [-0.3, -0.25) is 9.52 Å². The number of anilines is 3. The van der Waals surface area contributed by atoms with Crippen molar-refractivity contribution < 1.29 is 14.6 Å². The van der Waals surface area contributed by atoms with Crippen LogP contribution in [0.15, 0.2) is 59.9 Å². The molecule has 1 fully saturated rings. The summed E-state index contributed by atoms with van der Waals surface area (Å²) in [6.45, 7) is 5.24. The Morgan fingerprint density at radius 3 is 2.59 bits per heavy atom. The molecule has 2 aromatic carbocycles. The van der Waals surface area contributed by atoms with Crippen LogP contribution in [0.1, 0.15) is 25.9 Å². The Morgan fingerprint density at radius 2 is 1.87 bits per heavy atom. The predicted molar refractivity (Wildman–Crippen MR) is 151 cm³/mol. The lowest BCUT2D eigenvalue weighted by atomic mass is 10.00. The van der Waals surface area contributed by atoms with Crippen molar-refractivity contribution in [3.05, 3.63) is 71.1 Å². The van der Waals surface area contributed by atoms with Crippen LogP contribution in [0.4, 0.5) is 17.2 Å². The number of carbonyl (C=O) groups excluding carboxylic acids is 1. The highest BCUT2D eigenvalue weighted by molar-refractivity contribution is 7.92. The van der Waals surface area contributed by atoms with Crippen LogP contribution in [0, 0.1) is 11.3 Å². The molecule has 12 heteroatoms. The SMILES string of the molecule is C[C@@H](C(=O)N1CCN(c2ccc(S(=O)(=O)Nc3ncncc3C#N)cc2)CC1)N1CCCc2cc(Cl)ccc21.[HH]. The van der Waals surface area contributed by atoms with Crippen LogP contribution in [0.2, 0.25) is 5.02 Å². The highest BCUT2D eigenvalue weighted by Gasteiger charge is 2.31.